The maximum Gasteiger partial charge on any atom is 0.417 e. The Bertz CT molecular complexity index is 1240. The summed E-state index contributed by atoms with van der Waals surface area (Å²) in [5.41, 5.74) is 1.06. The molecular weight excluding hydrogens is 497 g/mol. The number of ether oxygens (including phenoxy) is 1. The lowest BCUT2D eigenvalue weighted by Crippen LogP contribution is -2.12. The molecule has 3 rings (SSSR count). The third kappa shape index (κ3) is 7.07. The summed E-state index contributed by atoms with van der Waals surface area (Å²) in [7, 11) is 1.67. The molecule has 0 saturated heterocycles. The van der Waals surface area contributed by atoms with E-state index in [0.29, 0.717) is 43.2 Å². The molecule has 0 amide bonds. The van der Waals surface area contributed by atoms with Gasteiger partial charge in [-0.25, -0.2) is 4.98 Å². The van der Waals surface area contributed by atoms with Gasteiger partial charge in [0, 0.05) is 54.4 Å². The second-order valence-corrected chi connectivity index (χ2v) is 9.38. The highest BCUT2D eigenvalue weighted by atomic mass is 35.5. The van der Waals surface area contributed by atoms with Crippen LogP contribution in [0, 0.1) is 5.92 Å². The van der Waals surface area contributed by atoms with Crippen molar-refractivity contribution < 1.29 is 32.6 Å². The number of hydrogen-bond donors (Lipinski definition) is 1. The van der Waals surface area contributed by atoms with Gasteiger partial charge in [-0.15, -0.1) is 0 Å². The second-order valence-electron chi connectivity index (χ2n) is 8.94. The Morgan fingerprint density at radius 2 is 1.94 bits per heavy atom. The number of nitrogens with zero attached hydrogens (tertiary/aromatic N) is 2. The van der Waals surface area contributed by atoms with E-state index in [1.807, 2.05) is 18.2 Å². The van der Waals surface area contributed by atoms with Crippen LogP contribution in [-0.4, -0.2) is 33.0 Å². The molecule has 0 spiro atoms. The number of aryl methyl sites for hydroxylation is 1. The number of rotatable bonds is 12. The molecule has 194 valence electrons. The summed E-state index contributed by atoms with van der Waals surface area (Å²) < 4.78 is 47.4. The van der Waals surface area contributed by atoms with Crippen molar-refractivity contribution in [2.24, 2.45) is 13.0 Å². The number of ketones is 1. The molecule has 0 unspecified atom stereocenters. The number of aromatic nitrogens is 2. The number of alkyl halides is 3. The standard InChI is InChI=1S/C26H28ClF3N2O4/c1-16(11-23(34)35)10-22(33)24-20-13-18(26(28,29)30)14-31-25(20)32(2)21(24)8-3-4-9-36-15-17-6-5-7-19(27)12-17/h5-7,12-14,16H,3-4,8-11,15H2,1-2H3,(H,34,35)/t16-/m0/s1. The van der Waals surface area contributed by atoms with Gasteiger partial charge in [-0.2, -0.15) is 13.2 Å². The van der Waals surface area contributed by atoms with E-state index in [9.17, 15) is 22.8 Å². The minimum atomic E-state index is -4.60. The third-order valence-corrected chi connectivity index (χ3v) is 6.16. The number of carboxylic acids is 1. The van der Waals surface area contributed by atoms with Crippen LogP contribution in [0.15, 0.2) is 36.5 Å². The molecule has 3 aromatic rings. The number of benzene rings is 1. The summed E-state index contributed by atoms with van der Waals surface area (Å²) in [5.74, 6) is -1.88. The monoisotopic (exact) mass is 524 g/mol. The molecule has 36 heavy (non-hydrogen) atoms. The summed E-state index contributed by atoms with van der Waals surface area (Å²) in [6.45, 7) is 2.50. The Morgan fingerprint density at radius 1 is 1.19 bits per heavy atom. The summed E-state index contributed by atoms with van der Waals surface area (Å²) in [6.07, 6.45) is -2.39. The van der Waals surface area contributed by atoms with E-state index in [-0.39, 0.29) is 35.2 Å². The lowest BCUT2D eigenvalue weighted by molar-refractivity contribution is -0.138. The Kier molecular flexibility index (Phi) is 9.13. The quantitative estimate of drug-likeness (QED) is 0.217. The molecule has 1 aromatic carbocycles. The van der Waals surface area contributed by atoms with E-state index >= 15 is 0 Å². The smallest absolute Gasteiger partial charge is 0.417 e. The number of hydrogen-bond acceptors (Lipinski definition) is 4. The number of fused-ring (bicyclic) bond motifs is 1. The number of carbonyl (C=O) groups is 2. The molecule has 0 aliphatic heterocycles. The fourth-order valence-corrected chi connectivity index (χ4v) is 4.43. The minimum Gasteiger partial charge on any atom is -0.481 e. The van der Waals surface area contributed by atoms with Crippen molar-refractivity contribution in [1.29, 1.82) is 0 Å². The van der Waals surface area contributed by atoms with Crippen molar-refractivity contribution in [3.05, 3.63) is 63.9 Å². The molecule has 2 aromatic heterocycles. The van der Waals surface area contributed by atoms with E-state index in [0.717, 1.165) is 17.8 Å². The average molecular weight is 525 g/mol. The summed E-state index contributed by atoms with van der Waals surface area (Å²) >= 11 is 5.97. The number of carbonyl (C=O) groups excluding carboxylic acids is 1. The van der Waals surface area contributed by atoms with Gasteiger partial charge in [0.15, 0.2) is 5.78 Å². The fourth-order valence-electron chi connectivity index (χ4n) is 4.22. The van der Waals surface area contributed by atoms with Crippen LogP contribution in [0.25, 0.3) is 11.0 Å². The van der Waals surface area contributed by atoms with Crippen LogP contribution in [0.3, 0.4) is 0 Å². The molecule has 6 nitrogen and oxygen atoms in total. The zero-order valence-electron chi connectivity index (χ0n) is 20.1. The van der Waals surface area contributed by atoms with Gasteiger partial charge >= 0.3 is 12.1 Å². The second kappa shape index (κ2) is 11.9. The normalized spacial score (nSPS) is 12.7. The van der Waals surface area contributed by atoms with Crippen molar-refractivity contribution in [3.63, 3.8) is 0 Å². The highest BCUT2D eigenvalue weighted by molar-refractivity contribution is 6.30. The molecule has 0 fully saturated rings. The first-order valence-electron chi connectivity index (χ1n) is 11.6. The van der Waals surface area contributed by atoms with Gasteiger partial charge in [0.25, 0.3) is 0 Å². The lowest BCUT2D eigenvalue weighted by atomic mass is 9.94. The van der Waals surface area contributed by atoms with Gasteiger partial charge in [0.05, 0.1) is 12.2 Å². The third-order valence-electron chi connectivity index (χ3n) is 5.92. The largest absolute Gasteiger partial charge is 0.481 e. The first kappa shape index (κ1) is 27.7. The maximum absolute atomic E-state index is 13.4. The first-order chi connectivity index (χ1) is 17.0. The van der Waals surface area contributed by atoms with Gasteiger partial charge in [0.1, 0.15) is 5.65 Å². The minimum absolute atomic E-state index is 0.0859. The highest BCUT2D eigenvalue weighted by Crippen LogP contribution is 2.34. The molecule has 0 aliphatic rings. The molecule has 1 N–H and O–H groups in total. The molecule has 0 radical (unpaired) electrons. The van der Waals surface area contributed by atoms with Gasteiger partial charge in [-0.3, -0.25) is 9.59 Å². The van der Waals surface area contributed by atoms with Gasteiger partial charge in [0.2, 0.25) is 0 Å². The average Bonchev–Trinajstić information content (AvgIpc) is 3.06. The summed E-state index contributed by atoms with van der Waals surface area (Å²) in [6, 6.07) is 8.31. The number of aliphatic carboxylic acids is 1. The van der Waals surface area contributed by atoms with Crippen LogP contribution < -0.4 is 0 Å². The molecule has 0 aliphatic carbocycles. The fraction of sp³-hybridized carbons (Fsp3) is 0.423. The van der Waals surface area contributed by atoms with Crippen LogP contribution in [0.4, 0.5) is 13.2 Å². The van der Waals surface area contributed by atoms with E-state index < -0.39 is 23.6 Å². The van der Waals surface area contributed by atoms with Crippen molar-refractivity contribution in [3.8, 4) is 0 Å². The lowest BCUT2D eigenvalue weighted by Gasteiger charge is -2.11. The number of carboxylic acid groups (broad SMARTS) is 1. The van der Waals surface area contributed by atoms with Crippen LogP contribution in [-0.2, 0) is 35.8 Å². The number of unbranched alkanes of at least 4 members (excludes halogenated alkanes) is 1. The van der Waals surface area contributed by atoms with Crippen molar-refractivity contribution in [2.45, 2.75) is 51.8 Å². The molecular formula is C26H28ClF3N2O4. The van der Waals surface area contributed by atoms with Gasteiger partial charge < -0.3 is 14.4 Å². The van der Waals surface area contributed by atoms with Crippen molar-refractivity contribution >= 4 is 34.4 Å². The predicted molar refractivity (Wildman–Crippen MR) is 130 cm³/mol. The summed E-state index contributed by atoms with van der Waals surface area (Å²) in [4.78, 5) is 28.2. The molecule has 10 heteroatoms. The molecule has 1 atom stereocenters. The van der Waals surface area contributed by atoms with E-state index in [1.165, 1.54) is 0 Å². The SMILES string of the molecule is C[C@H](CC(=O)O)CC(=O)c1c(CCCCOCc2cccc(Cl)c2)n(C)c2ncc(C(F)(F)F)cc12. The Labute approximate surface area is 212 Å². The highest BCUT2D eigenvalue weighted by Gasteiger charge is 2.33. The zero-order chi connectivity index (χ0) is 26.5. The Morgan fingerprint density at radius 3 is 2.61 bits per heavy atom. The number of halogens is 4. The Balaban J connectivity index is 1.77. The predicted octanol–water partition coefficient (Wildman–Crippen LogP) is 6.47. The van der Waals surface area contributed by atoms with Crippen molar-refractivity contribution in [1.82, 2.24) is 9.55 Å². The Hall–Kier alpha value is -2.91. The van der Waals surface area contributed by atoms with Gasteiger partial charge in [-0.05, 0) is 48.9 Å². The topological polar surface area (TPSA) is 81.4 Å². The number of pyridine rings is 1. The van der Waals surface area contributed by atoms with E-state index in [1.54, 1.807) is 24.6 Å². The molecule has 0 saturated carbocycles. The van der Waals surface area contributed by atoms with Crippen LogP contribution in [0.5, 0.6) is 0 Å². The van der Waals surface area contributed by atoms with Crippen LogP contribution in [0.1, 0.15) is 59.8 Å². The maximum atomic E-state index is 13.4. The number of Topliss-reactive ketones (excluding diaryl/α,β-unsaturated/α-hetero) is 1. The van der Waals surface area contributed by atoms with Crippen molar-refractivity contribution in [2.75, 3.05) is 6.61 Å². The van der Waals surface area contributed by atoms with Crippen LogP contribution >= 0.6 is 11.6 Å². The first-order valence-corrected chi connectivity index (χ1v) is 12.0. The summed E-state index contributed by atoms with van der Waals surface area (Å²) in [5, 5.41) is 9.79. The zero-order valence-corrected chi connectivity index (χ0v) is 20.8. The molecule has 2 heterocycles. The van der Waals surface area contributed by atoms with Gasteiger partial charge in [-0.1, -0.05) is 30.7 Å². The molecule has 0 bridgehead atoms. The van der Waals surface area contributed by atoms with E-state index in [2.05, 4.69) is 4.98 Å². The van der Waals surface area contributed by atoms with E-state index in [4.69, 9.17) is 21.4 Å². The van der Waals surface area contributed by atoms with Crippen LogP contribution in [0.2, 0.25) is 5.02 Å².